The van der Waals surface area contributed by atoms with Crippen molar-refractivity contribution >= 4 is 23.2 Å². The first-order valence-corrected chi connectivity index (χ1v) is 7.81. The van der Waals surface area contributed by atoms with Gasteiger partial charge in [0.2, 0.25) is 5.91 Å². The number of nitriles is 1. The van der Waals surface area contributed by atoms with Crippen LogP contribution in [0.5, 0.6) is 0 Å². The topological polar surface area (TPSA) is 85.2 Å². The summed E-state index contributed by atoms with van der Waals surface area (Å²) in [7, 11) is 3.89. The van der Waals surface area contributed by atoms with Crippen molar-refractivity contribution < 1.29 is 9.59 Å². The number of rotatable bonds is 6. The smallest absolute Gasteiger partial charge is 0.251 e. The normalized spacial score (nSPS) is 9.80. The Morgan fingerprint density at radius 3 is 2.24 bits per heavy atom. The molecule has 6 nitrogen and oxygen atoms in total. The summed E-state index contributed by atoms with van der Waals surface area (Å²) in [5.41, 5.74) is 3.17. The van der Waals surface area contributed by atoms with Gasteiger partial charge in [0, 0.05) is 37.6 Å². The number of benzene rings is 2. The van der Waals surface area contributed by atoms with Gasteiger partial charge in [0.15, 0.2) is 0 Å². The van der Waals surface area contributed by atoms with E-state index in [-0.39, 0.29) is 18.2 Å². The molecule has 0 heterocycles. The fourth-order valence-corrected chi connectivity index (χ4v) is 2.18. The van der Waals surface area contributed by atoms with E-state index in [1.54, 1.807) is 30.3 Å². The summed E-state index contributed by atoms with van der Waals surface area (Å²) >= 11 is 0. The van der Waals surface area contributed by atoms with Gasteiger partial charge in [0.25, 0.3) is 5.91 Å². The zero-order chi connectivity index (χ0) is 18.2. The first kappa shape index (κ1) is 18.0. The number of amides is 2. The summed E-state index contributed by atoms with van der Waals surface area (Å²) < 4.78 is 0. The van der Waals surface area contributed by atoms with Gasteiger partial charge in [0.1, 0.15) is 6.42 Å². The summed E-state index contributed by atoms with van der Waals surface area (Å²) in [5.74, 6) is -0.485. The summed E-state index contributed by atoms with van der Waals surface area (Å²) in [5, 5.41) is 13.9. The van der Waals surface area contributed by atoms with Gasteiger partial charge in [-0.05, 0) is 42.0 Å². The molecule has 6 heteroatoms. The minimum atomic E-state index is -0.343. The number of hydrogen-bond donors (Lipinski definition) is 2. The van der Waals surface area contributed by atoms with Crippen LogP contribution in [0.4, 0.5) is 11.4 Å². The Bertz CT molecular complexity index is 775. The van der Waals surface area contributed by atoms with E-state index < -0.39 is 0 Å². The molecule has 2 rings (SSSR count). The lowest BCUT2D eigenvalue weighted by Crippen LogP contribution is -2.22. The SMILES string of the molecule is CN(C)c1ccc(C(=O)NCc2ccc(NC(=O)CC#N)cc2)cc1. The van der Waals surface area contributed by atoms with E-state index in [9.17, 15) is 9.59 Å². The molecule has 0 saturated heterocycles. The Morgan fingerprint density at radius 1 is 1.04 bits per heavy atom. The highest BCUT2D eigenvalue weighted by Crippen LogP contribution is 2.13. The van der Waals surface area contributed by atoms with Crippen LogP contribution < -0.4 is 15.5 Å². The van der Waals surface area contributed by atoms with Crippen molar-refractivity contribution in [2.24, 2.45) is 0 Å². The molecular formula is C19H20N4O2. The standard InChI is InChI=1S/C19H20N4O2/c1-23(2)17-9-5-15(6-10-17)19(25)21-13-14-3-7-16(8-4-14)22-18(24)11-12-20/h3-10H,11,13H2,1-2H3,(H,21,25)(H,22,24). The van der Waals surface area contributed by atoms with Gasteiger partial charge in [-0.1, -0.05) is 12.1 Å². The molecule has 0 radical (unpaired) electrons. The average molecular weight is 336 g/mol. The first-order valence-electron chi connectivity index (χ1n) is 7.81. The molecule has 0 spiro atoms. The van der Waals surface area contributed by atoms with E-state index >= 15 is 0 Å². The maximum Gasteiger partial charge on any atom is 0.251 e. The average Bonchev–Trinajstić information content (AvgIpc) is 2.61. The zero-order valence-corrected chi connectivity index (χ0v) is 14.2. The molecule has 128 valence electrons. The molecule has 0 unspecified atom stereocenters. The third kappa shape index (κ3) is 5.36. The summed E-state index contributed by atoms with van der Waals surface area (Å²) in [6.45, 7) is 0.390. The van der Waals surface area contributed by atoms with Crippen LogP contribution in [0, 0.1) is 11.3 Å². The molecule has 25 heavy (non-hydrogen) atoms. The summed E-state index contributed by atoms with van der Waals surface area (Å²) in [4.78, 5) is 25.5. The molecule has 0 aliphatic heterocycles. The van der Waals surface area contributed by atoms with Crippen LogP contribution in [0.2, 0.25) is 0 Å². The van der Waals surface area contributed by atoms with Crippen LogP contribution in [0.25, 0.3) is 0 Å². The van der Waals surface area contributed by atoms with E-state index in [1.165, 1.54) is 0 Å². The molecule has 2 N–H and O–H groups in total. The van der Waals surface area contributed by atoms with Crippen molar-refractivity contribution in [1.82, 2.24) is 5.32 Å². The van der Waals surface area contributed by atoms with Gasteiger partial charge in [-0.25, -0.2) is 0 Å². The predicted octanol–water partition coefficient (Wildman–Crippen LogP) is 2.53. The highest BCUT2D eigenvalue weighted by atomic mass is 16.2. The van der Waals surface area contributed by atoms with Gasteiger partial charge >= 0.3 is 0 Å². The molecule has 0 fully saturated rings. The molecule has 0 atom stereocenters. The lowest BCUT2D eigenvalue weighted by Gasteiger charge is -2.12. The van der Waals surface area contributed by atoms with Gasteiger partial charge in [-0.3, -0.25) is 9.59 Å². The minimum absolute atomic E-state index is 0.142. The Hall–Kier alpha value is -3.33. The third-order valence-corrected chi connectivity index (χ3v) is 3.58. The Kier molecular flexibility index (Phi) is 6.13. The van der Waals surface area contributed by atoms with Gasteiger partial charge in [0.05, 0.1) is 6.07 Å². The third-order valence-electron chi connectivity index (χ3n) is 3.58. The molecular weight excluding hydrogens is 316 g/mol. The maximum absolute atomic E-state index is 12.2. The number of carbonyl (C=O) groups excluding carboxylic acids is 2. The monoisotopic (exact) mass is 336 g/mol. The number of hydrogen-bond acceptors (Lipinski definition) is 4. The molecule has 2 aromatic carbocycles. The molecule has 0 aliphatic carbocycles. The molecule has 2 aromatic rings. The van der Waals surface area contributed by atoms with Crippen LogP contribution in [0.3, 0.4) is 0 Å². The van der Waals surface area contributed by atoms with Crippen LogP contribution in [0.1, 0.15) is 22.3 Å². The number of anilines is 2. The molecule has 0 aliphatic rings. The maximum atomic E-state index is 12.2. The van der Waals surface area contributed by atoms with Gasteiger partial charge < -0.3 is 15.5 Å². The Labute approximate surface area is 147 Å². The second-order valence-corrected chi connectivity index (χ2v) is 5.70. The van der Waals surface area contributed by atoms with Crippen LogP contribution in [-0.4, -0.2) is 25.9 Å². The lowest BCUT2D eigenvalue weighted by molar-refractivity contribution is -0.115. The molecule has 2 amide bonds. The number of carbonyl (C=O) groups is 2. The fourth-order valence-electron chi connectivity index (χ4n) is 2.18. The number of nitrogens with zero attached hydrogens (tertiary/aromatic N) is 2. The van der Waals surface area contributed by atoms with Gasteiger partial charge in [-0.15, -0.1) is 0 Å². The highest BCUT2D eigenvalue weighted by Gasteiger charge is 2.06. The minimum Gasteiger partial charge on any atom is -0.378 e. The van der Waals surface area contributed by atoms with Crippen LogP contribution >= 0.6 is 0 Å². The molecule has 0 bridgehead atoms. The van der Waals surface area contributed by atoms with Crippen molar-refractivity contribution in [3.63, 3.8) is 0 Å². The fraction of sp³-hybridized carbons (Fsp3) is 0.211. The van der Waals surface area contributed by atoms with E-state index in [0.717, 1.165) is 11.3 Å². The van der Waals surface area contributed by atoms with E-state index in [0.29, 0.717) is 17.8 Å². The zero-order valence-electron chi connectivity index (χ0n) is 14.2. The van der Waals surface area contributed by atoms with E-state index in [1.807, 2.05) is 43.3 Å². The summed E-state index contributed by atoms with van der Waals surface area (Å²) in [6, 6.07) is 16.3. The van der Waals surface area contributed by atoms with Crippen molar-refractivity contribution in [3.05, 3.63) is 59.7 Å². The molecule has 0 saturated carbocycles. The summed E-state index contributed by atoms with van der Waals surface area (Å²) in [6.07, 6.45) is -0.176. The molecule has 0 aromatic heterocycles. The Balaban J connectivity index is 1.89. The largest absolute Gasteiger partial charge is 0.378 e. The Morgan fingerprint density at radius 2 is 1.68 bits per heavy atom. The predicted molar refractivity (Wildman–Crippen MR) is 97.2 cm³/mol. The second kappa shape index (κ2) is 8.50. The van der Waals surface area contributed by atoms with Crippen molar-refractivity contribution in [2.75, 3.05) is 24.3 Å². The van der Waals surface area contributed by atoms with E-state index in [4.69, 9.17) is 5.26 Å². The highest BCUT2D eigenvalue weighted by molar-refractivity contribution is 5.94. The van der Waals surface area contributed by atoms with Crippen molar-refractivity contribution in [3.8, 4) is 6.07 Å². The van der Waals surface area contributed by atoms with Gasteiger partial charge in [-0.2, -0.15) is 5.26 Å². The van der Waals surface area contributed by atoms with Crippen molar-refractivity contribution in [1.29, 1.82) is 5.26 Å². The lowest BCUT2D eigenvalue weighted by atomic mass is 10.1. The number of nitrogens with one attached hydrogen (secondary N) is 2. The van der Waals surface area contributed by atoms with Crippen molar-refractivity contribution in [2.45, 2.75) is 13.0 Å². The quantitative estimate of drug-likeness (QED) is 0.849. The van der Waals surface area contributed by atoms with E-state index in [2.05, 4.69) is 10.6 Å². The first-order chi connectivity index (χ1) is 12.0. The second-order valence-electron chi connectivity index (χ2n) is 5.70. The van der Waals surface area contributed by atoms with Crippen LogP contribution in [0.15, 0.2) is 48.5 Å². The van der Waals surface area contributed by atoms with Crippen LogP contribution in [-0.2, 0) is 11.3 Å².